The standard InChI is InChI=1S/C14H18ClNOS/c1-2-14(17)11-7-9-16(10-8-11)18-13-5-3-12(15)4-6-13/h3-6,11H,2,7-10H2,1H3. The van der Waals surface area contributed by atoms with Gasteiger partial charge in [0.15, 0.2) is 0 Å². The molecule has 0 N–H and O–H groups in total. The van der Waals surface area contributed by atoms with Crippen LogP contribution in [0.4, 0.5) is 0 Å². The molecule has 4 heteroatoms. The quantitative estimate of drug-likeness (QED) is 0.778. The summed E-state index contributed by atoms with van der Waals surface area (Å²) >= 11 is 7.62. The number of hydrogen-bond donors (Lipinski definition) is 0. The Kier molecular flexibility index (Phi) is 5.10. The molecule has 0 spiro atoms. The number of hydrogen-bond acceptors (Lipinski definition) is 3. The van der Waals surface area contributed by atoms with Crippen LogP contribution < -0.4 is 0 Å². The number of Topliss-reactive ketones (excluding diaryl/α,β-unsaturated/α-hetero) is 1. The first-order valence-electron chi connectivity index (χ1n) is 6.40. The number of rotatable bonds is 4. The van der Waals surface area contributed by atoms with Gasteiger partial charge in [-0.2, -0.15) is 0 Å². The zero-order valence-electron chi connectivity index (χ0n) is 10.6. The third-order valence-electron chi connectivity index (χ3n) is 3.31. The fourth-order valence-electron chi connectivity index (χ4n) is 2.20. The molecule has 98 valence electrons. The Bertz CT molecular complexity index is 399. The maximum atomic E-state index is 11.6. The van der Waals surface area contributed by atoms with Gasteiger partial charge < -0.3 is 0 Å². The van der Waals surface area contributed by atoms with E-state index < -0.39 is 0 Å². The van der Waals surface area contributed by atoms with E-state index in [0.29, 0.717) is 12.2 Å². The monoisotopic (exact) mass is 283 g/mol. The zero-order valence-corrected chi connectivity index (χ0v) is 12.1. The van der Waals surface area contributed by atoms with Crippen LogP contribution in [0.2, 0.25) is 5.02 Å². The molecule has 1 heterocycles. The normalized spacial score (nSPS) is 17.9. The number of carbonyl (C=O) groups excluding carboxylic acids is 1. The van der Waals surface area contributed by atoms with Gasteiger partial charge in [-0.25, -0.2) is 4.31 Å². The number of halogens is 1. The van der Waals surface area contributed by atoms with E-state index in [1.807, 2.05) is 31.2 Å². The fourth-order valence-corrected chi connectivity index (χ4v) is 3.28. The van der Waals surface area contributed by atoms with E-state index in [4.69, 9.17) is 11.6 Å². The Morgan fingerprint density at radius 2 is 1.94 bits per heavy atom. The van der Waals surface area contributed by atoms with Crippen LogP contribution in [0.1, 0.15) is 26.2 Å². The van der Waals surface area contributed by atoms with Crippen molar-refractivity contribution in [3.63, 3.8) is 0 Å². The van der Waals surface area contributed by atoms with Crippen LogP contribution >= 0.6 is 23.5 Å². The molecule has 0 aliphatic carbocycles. The maximum Gasteiger partial charge on any atom is 0.135 e. The minimum atomic E-state index is 0.289. The SMILES string of the molecule is CCC(=O)C1CCN(Sc2ccc(Cl)cc2)CC1. The van der Waals surface area contributed by atoms with Gasteiger partial charge in [-0.15, -0.1) is 0 Å². The highest BCUT2D eigenvalue weighted by molar-refractivity contribution is 7.97. The summed E-state index contributed by atoms with van der Waals surface area (Å²) in [5.41, 5.74) is 0. The first kappa shape index (κ1) is 13.9. The highest BCUT2D eigenvalue weighted by atomic mass is 35.5. The van der Waals surface area contributed by atoms with Crippen LogP contribution in [0, 0.1) is 5.92 Å². The summed E-state index contributed by atoms with van der Waals surface area (Å²) in [4.78, 5) is 12.8. The molecule has 0 aromatic heterocycles. The van der Waals surface area contributed by atoms with E-state index in [-0.39, 0.29) is 5.92 Å². The Balaban J connectivity index is 1.83. The smallest absolute Gasteiger partial charge is 0.135 e. The molecule has 1 aliphatic heterocycles. The molecule has 1 aromatic rings. The van der Waals surface area contributed by atoms with Crippen LogP contribution in [-0.2, 0) is 4.79 Å². The molecule has 2 nitrogen and oxygen atoms in total. The van der Waals surface area contributed by atoms with E-state index in [1.165, 1.54) is 4.90 Å². The molecule has 0 radical (unpaired) electrons. The number of benzene rings is 1. The third-order valence-corrected chi connectivity index (χ3v) is 4.66. The van der Waals surface area contributed by atoms with Gasteiger partial charge in [0.2, 0.25) is 0 Å². The molecular formula is C14H18ClNOS. The van der Waals surface area contributed by atoms with Crippen molar-refractivity contribution in [2.75, 3.05) is 13.1 Å². The largest absolute Gasteiger partial charge is 0.299 e. The zero-order chi connectivity index (χ0) is 13.0. The summed E-state index contributed by atoms with van der Waals surface area (Å²) in [5.74, 6) is 0.711. The number of nitrogens with zero attached hydrogens (tertiary/aromatic N) is 1. The summed E-state index contributed by atoms with van der Waals surface area (Å²) in [6, 6.07) is 7.90. The maximum absolute atomic E-state index is 11.6. The Hall–Kier alpha value is -0.510. The van der Waals surface area contributed by atoms with Crippen molar-refractivity contribution in [2.45, 2.75) is 31.1 Å². The minimum absolute atomic E-state index is 0.289. The Labute approximate surface area is 118 Å². The lowest BCUT2D eigenvalue weighted by molar-refractivity contribution is -0.123. The van der Waals surface area contributed by atoms with Crippen LogP contribution in [0.15, 0.2) is 29.2 Å². The molecule has 0 saturated carbocycles. The number of ketones is 1. The fraction of sp³-hybridized carbons (Fsp3) is 0.500. The van der Waals surface area contributed by atoms with Crippen molar-refractivity contribution < 1.29 is 4.79 Å². The first-order chi connectivity index (χ1) is 8.69. The van der Waals surface area contributed by atoms with Crippen LogP contribution in [-0.4, -0.2) is 23.2 Å². The second-order valence-electron chi connectivity index (χ2n) is 4.57. The van der Waals surface area contributed by atoms with Crippen molar-refractivity contribution in [3.05, 3.63) is 29.3 Å². The number of carbonyl (C=O) groups is 1. The van der Waals surface area contributed by atoms with E-state index in [0.717, 1.165) is 31.0 Å². The van der Waals surface area contributed by atoms with Gasteiger partial charge in [0.25, 0.3) is 0 Å². The third kappa shape index (κ3) is 3.74. The van der Waals surface area contributed by atoms with E-state index in [2.05, 4.69) is 4.31 Å². The summed E-state index contributed by atoms with van der Waals surface area (Å²) < 4.78 is 2.34. The summed E-state index contributed by atoms with van der Waals surface area (Å²) in [5, 5.41) is 0.770. The molecule has 1 aromatic carbocycles. The molecule has 0 amide bonds. The average molecular weight is 284 g/mol. The molecular weight excluding hydrogens is 266 g/mol. The van der Waals surface area contributed by atoms with E-state index >= 15 is 0 Å². The van der Waals surface area contributed by atoms with Gasteiger partial charge in [-0.05, 0) is 49.1 Å². The van der Waals surface area contributed by atoms with Gasteiger partial charge >= 0.3 is 0 Å². The van der Waals surface area contributed by atoms with Crippen molar-refractivity contribution >= 4 is 29.3 Å². The van der Waals surface area contributed by atoms with Gasteiger partial charge in [0.05, 0.1) is 0 Å². The van der Waals surface area contributed by atoms with Crippen LogP contribution in [0.3, 0.4) is 0 Å². The van der Waals surface area contributed by atoms with Crippen molar-refractivity contribution in [2.24, 2.45) is 5.92 Å². The van der Waals surface area contributed by atoms with Gasteiger partial charge in [-0.1, -0.05) is 18.5 Å². The molecule has 1 fully saturated rings. The molecule has 18 heavy (non-hydrogen) atoms. The second-order valence-corrected chi connectivity index (χ2v) is 6.18. The predicted octanol–water partition coefficient (Wildman–Crippen LogP) is 4.04. The lowest BCUT2D eigenvalue weighted by atomic mass is 9.92. The summed E-state index contributed by atoms with van der Waals surface area (Å²) in [6.45, 7) is 3.94. The topological polar surface area (TPSA) is 20.3 Å². The van der Waals surface area contributed by atoms with Crippen molar-refractivity contribution in [1.29, 1.82) is 0 Å². The van der Waals surface area contributed by atoms with Crippen molar-refractivity contribution in [3.8, 4) is 0 Å². The average Bonchev–Trinajstić information content (AvgIpc) is 2.41. The predicted molar refractivity (Wildman–Crippen MR) is 76.9 cm³/mol. The first-order valence-corrected chi connectivity index (χ1v) is 7.55. The van der Waals surface area contributed by atoms with Gasteiger partial charge in [0, 0.05) is 35.3 Å². The van der Waals surface area contributed by atoms with E-state index in [1.54, 1.807) is 11.9 Å². The summed E-state index contributed by atoms with van der Waals surface area (Å²) in [6.07, 6.45) is 2.66. The highest BCUT2D eigenvalue weighted by Gasteiger charge is 2.24. The molecule has 1 aliphatic rings. The van der Waals surface area contributed by atoms with E-state index in [9.17, 15) is 4.79 Å². The highest BCUT2D eigenvalue weighted by Crippen LogP contribution is 2.29. The summed E-state index contributed by atoms with van der Waals surface area (Å²) in [7, 11) is 0. The Morgan fingerprint density at radius 1 is 1.33 bits per heavy atom. The van der Waals surface area contributed by atoms with Gasteiger partial charge in [-0.3, -0.25) is 4.79 Å². The Morgan fingerprint density at radius 3 is 2.50 bits per heavy atom. The molecule has 0 atom stereocenters. The molecule has 0 unspecified atom stereocenters. The number of piperidine rings is 1. The van der Waals surface area contributed by atoms with Crippen LogP contribution in [0.5, 0.6) is 0 Å². The van der Waals surface area contributed by atoms with Crippen molar-refractivity contribution in [1.82, 2.24) is 4.31 Å². The molecule has 2 rings (SSSR count). The lowest BCUT2D eigenvalue weighted by Gasteiger charge is -2.30. The van der Waals surface area contributed by atoms with Crippen LogP contribution in [0.25, 0.3) is 0 Å². The van der Waals surface area contributed by atoms with Gasteiger partial charge in [0.1, 0.15) is 5.78 Å². The molecule has 0 bridgehead atoms. The minimum Gasteiger partial charge on any atom is -0.299 e. The molecule has 1 saturated heterocycles. The second kappa shape index (κ2) is 6.60. The lowest BCUT2D eigenvalue weighted by Crippen LogP contribution is -2.31.